The van der Waals surface area contributed by atoms with Crippen LogP contribution in [0.25, 0.3) is 22.5 Å². The summed E-state index contributed by atoms with van der Waals surface area (Å²) in [4.78, 5) is 18.0. The molecule has 33 heavy (non-hydrogen) atoms. The van der Waals surface area contributed by atoms with Crippen molar-refractivity contribution in [3.8, 4) is 22.5 Å². The normalized spacial score (nSPS) is 14.5. The van der Waals surface area contributed by atoms with Crippen LogP contribution < -0.4 is 5.32 Å². The summed E-state index contributed by atoms with van der Waals surface area (Å²) in [6.45, 7) is 0.639. The number of pyridine rings is 3. The quantitative estimate of drug-likeness (QED) is 0.420. The molecule has 160 valence electrons. The molecule has 5 heterocycles. The largest absolute Gasteiger partial charge is 0.288 e. The van der Waals surface area contributed by atoms with Crippen LogP contribution in [0.2, 0.25) is 0 Å². The van der Waals surface area contributed by atoms with E-state index < -0.39 is 0 Å². The van der Waals surface area contributed by atoms with Crippen molar-refractivity contribution in [3.05, 3.63) is 103 Å². The van der Waals surface area contributed by atoms with Crippen molar-refractivity contribution in [1.29, 1.82) is 0 Å². The molecular weight excluding hydrogens is 430 g/mol. The van der Waals surface area contributed by atoms with Crippen LogP contribution in [0.4, 0.5) is 0 Å². The maximum atomic E-state index is 4.85. The lowest BCUT2D eigenvalue weighted by Crippen LogP contribution is -2.31. The summed E-state index contributed by atoms with van der Waals surface area (Å²) >= 11 is 1.53. The molecule has 0 amide bonds. The van der Waals surface area contributed by atoms with Crippen LogP contribution in [0.5, 0.6) is 0 Å². The Morgan fingerprint density at radius 3 is 2.45 bits per heavy atom. The number of rotatable bonds is 5. The number of hydrogen-bond acceptors (Lipinski definition) is 7. The second kappa shape index (κ2) is 8.57. The van der Waals surface area contributed by atoms with Gasteiger partial charge in [-0.3, -0.25) is 15.3 Å². The summed E-state index contributed by atoms with van der Waals surface area (Å²) in [7, 11) is 0. The molecule has 1 aliphatic heterocycles. The molecule has 1 aliphatic rings. The van der Waals surface area contributed by atoms with Gasteiger partial charge >= 0.3 is 0 Å². The van der Waals surface area contributed by atoms with Crippen molar-refractivity contribution >= 4 is 11.8 Å². The summed E-state index contributed by atoms with van der Waals surface area (Å²) in [5.74, 6) is 0.648. The van der Waals surface area contributed by atoms with Gasteiger partial charge in [0.15, 0.2) is 11.0 Å². The SMILES string of the molecule is c1ccc(-c2cnc3c(c2)C(NCc2cccnc2)n2nc(-c4cccnc4)nc2S3)cc1. The van der Waals surface area contributed by atoms with Crippen LogP contribution >= 0.6 is 11.8 Å². The minimum absolute atomic E-state index is 0.217. The standard InChI is InChI=1S/C25H19N7S/c1-2-7-18(8-3-1)20-12-21-23(28-14-17-6-4-10-26-13-17)32-25(33-24(21)29-16-20)30-22(31-32)19-9-5-11-27-15-19/h1-13,15-16,23,28H,14H2. The first-order valence-corrected chi connectivity index (χ1v) is 11.4. The highest BCUT2D eigenvalue weighted by molar-refractivity contribution is 7.99. The average molecular weight is 450 g/mol. The Balaban J connectivity index is 1.42. The average Bonchev–Trinajstić information content (AvgIpc) is 3.32. The Kier molecular flexibility index (Phi) is 5.14. The molecule has 1 aromatic carbocycles. The predicted molar refractivity (Wildman–Crippen MR) is 126 cm³/mol. The third-order valence-electron chi connectivity index (χ3n) is 5.46. The van der Waals surface area contributed by atoms with Gasteiger partial charge in [-0.15, -0.1) is 5.10 Å². The molecule has 1 atom stereocenters. The van der Waals surface area contributed by atoms with E-state index in [-0.39, 0.29) is 6.17 Å². The van der Waals surface area contributed by atoms with Gasteiger partial charge in [-0.1, -0.05) is 36.4 Å². The molecule has 0 fully saturated rings. The Labute approximate surface area is 195 Å². The summed E-state index contributed by atoms with van der Waals surface area (Å²) in [5, 5.41) is 10.2. The monoisotopic (exact) mass is 449 g/mol. The second-order valence-corrected chi connectivity index (χ2v) is 8.59. The lowest BCUT2D eigenvalue weighted by atomic mass is 10.0. The van der Waals surface area contributed by atoms with Gasteiger partial charge in [0.05, 0.1) is 0 Å². The van der Waals surface area contributed by atoms with Crippen LogP contribution in [0, 0.1) is 0 Å². The van der Waals surface area contributed by atoms with Crippen LogP contribution in [-0.4, -0.2) is 29.7 Å². The molecule has 1 unspecified atom stereocenters. The first-order valence-electron chi connectivity index (χ1n) is 10.6. The summed E-state index contributed by atoms with van der Waals surface area (Å²) < 4.78 is 1.95. The molecule has 8 heteroatoms. The van der Waals surface area contributed by atoms with Crippen molar-refractivity contribution < 1.29 is 0 Å². The molecule has 1 N–H and O–H groups in total. The van der Waals surface area contributed by atoms with Gasteiger partial charge in [-0.2, -0.15) is 0 Å². The first-order chi connectivity index (χ1) is 16.3. The van der Waals surface area contributed by atoms with Gasteiger partial charge in [0, 0.05) is 54.2 Å². The van der Waals surface area contributed by atoms with Crippen molar-refractivity contribution in [2.45, 2.75) is 22.9 Å². The number of hydrogen-bond donors (Lipinski definition) is 1. The van der Waals surface area contributed by atoms with Crippen molar-refractivity contribution in [2.75, 3.05) is 0 Å². The van der Waals surface area contributed by atoms with Crippen LogP contribution in [0.15, 0.2) is 102 Å². The maximum absolute atomic E-state index is 4.85. The molecule has 6 rings (SSSR count). The maximum Gasteiger partial charge on any atom is 0.194 e. The third kappa shape index (κ3) is 3.90. The molecule has 0 saturated heterocycles. The Bertz CT molecular complexity index is 1390. The molecule has 0 bridgehead atoms. The number of benzene rings is 1. The lowest BCUT2D eigenvalue weighted by Gasteiger charge is -2.26. The van der Waals surface area contributed by atoms with Gasteiger partial charge in [0.2, 0.25) is 0 Å². The van der Waals surface area contributed by atoms with Gasteiger partial charge in [-0.05, 0) is 47.2 Å². The first kappa shape index (κ1) is 19.8. The zero-order valence-electron chi connectivity index (χ0n) is 17.5. The van der Waals surface area contributed by atoms with E-state index in [2.05, 4.69) is 39.6 Å². The van der Waals surface area contributed by atoms with Crippen LogP contribution in [0.1, 0.15) is 17.3 Å². The fourth-order valence-corrected chi connectivity index (χ4v) is 4.77. The molecule has 4 aromatic heterocycles. The zero-order chi connectivity index (χ0) is 22.0. The Morgan fingerprint density at radius 2 is 1.67 bits per heavy atom. The molecule has 0 saturated carbocycles. The number of aromatic nitrogens is 6. The molecule has 0 spiro atoms. The highest BCUT2D eigenvalue weighted by Crippen LogP contribution is 2.40. The van der Waals surface area contributed by atoms with E-state index in [1.165, 1.54) is 11.8 Å². The summed E-state index contributed by atoms with van der Waals surface area (Å²) in [6.07, 6.45) is 8.88. The van der Waals surface area contributed by atoms with Crippen LogP contribution in [0.3, 0.4) is 0 Å². The minimum Gasteiger partial charge on any atom is -0.288 e. The molecule has 5 aromatic rings. The molecular formula is C25H19N7S. The number of nitrogens with one attached hydrogen (secondary N) is 1. The smallest absolute Gasteiger partial charge is 0.194 e. The third-order valence-corrected chi connectivity index (χ3v) is 6.45. The van der Waals surface area contributed by atoms with E-state index in [0.717, 1.165) is 38.0 Å². The van der Waals surface area contributed by atoms with Crippen LogP contribution in [-0.2, 0) is 6.54 Å². The van der Waals surface area contributed by atoms with E-state index in [0.29, 0.717) is 12.4 Å². The Hall–Kier alpha value is -3.88. The summed E-state index contributed by atoms with van der Waals surface area (Å²) in [6, 6.07) is 20.3. The highest BCUT2D eigenvalue weighted by Gasteiger charge is 2.30. The summed E-state index contributed by atoms with van der Waals surface area (Å²) in [5.41, 5.74) is 5.25. The fraction of sp³-hybridized carbons (Fsp3) is 0.0800. The number of fused-ring (bicyclic) bond motifs is 2. The molecule has 7 nitrogen and oxygen atoms in total. The molecule has 0 radical (unpaired) electrons. The highest BCUT2D eigenvalue weighted by atomic mass is 32.2. The number of nitrogens with zero attached hydrogens (tertiary/aromatic N) is 6. The lowest BCUT2D eigenvalue weighted by molar-refractivity contribution is 0.385. The fourth-order valence-electron chi connectivity index (χ4n) is 3.83. The van der Waals surface area contributed by atoms with Gasteiger partial charge in [0.1, 0.15) is 11.2 Å². The Morgan fingerprint density at radius 1 is 0.848 bits per heavy atom. The van der Waals surface area contributed by atoms with E-state index in [9.17, 15) is 0 Å². The van der Waals surface area contributed by atoms with Gasteiger partial charge < -0.3 is 0 Å². The molecule has 0 aliphatic carbocycles. The van der Waals surface area contributed by atoms with E-state index in [4.69, 9.17) is 15.1 Å². The topological polar surface area (TPSA) is 81.4 Å². The van der Waals surface area contributed by atoms with Crippen molar-refractivity contribution in [3.63, 3.8) is 0 Å². The van der Waals surface area contributed by atoms with E-state index in [1.54, 1.807) is 18.6 Å². The van der Waals surface area contributed by atoms with E-state index >= 15 is 0 Å². The van der Waals surface area contributed by atoms with Crippen molar-refractivity contribution in [1.82, 2.24) is 35.0 Å². The zero-order valence-corrected chi connectivity index (χ0v) is 18.4. The van der Waals surface area contributed by atoms with Gasteiger partial charge in [0.25, 0.3) is 0 Å². The van der Waals surface area contributed by atoms with Crippen molar-refractivity contribution in [2.24, 2.45) is 0 Å². The van der Waals surface area contributed by atoms with Gasteiger partial charge in [-0.25, -0.2) is 14.6 Å². The predicted octanol–water partition coefficient (Wildman–Crippen LogP) is 4.60. The second-order valence-electron chi connectivity index (χ2n) is 7.64. The minimum atomic E-state index is -0.217. The van der Waals surface area contributed by atoms with E-state index in [1.807, 2.05) is 53.5 Å².